The third-order valence-corrected chi connectivity index (χ3v) is 12.0. The summed E-state index contributed by atoms with van der Waals surface area (Å²) in [6.45, 7) is 2.35. The van der Waals surface area contributed by atoms with E-state index in [-0.39, 0.29) is 25.0 Å². The van der Waals surface area contributed by atoms with Crippen molar-refractivity contribution in [2.24, 2.45) is 17.4 Å². The molecule has 3 saturated heterocycles. The van der Waals surface area contributed by atoms with E-state index in [9.17, 15) is 78.0 Å². The van der Waals surface area contributed by atoms with Gasteiger partial charge in [0.1, 0.15) is 48.3 Å². The van der Waals surface area contributed by atoms with E-state index in [1.807, 2.05) is 0 Å². The molecule has 3 aliphatic heterocycles. The van der Waals surface area contributed by atoms with E-state index in [4.69, 9.17) is 11.5 Å². The van der Waals surface area contributed by atoms with Crippen molar-refractivity contribution < 1.29 is 78.0 Å². The molecule has 0 spiro atoms. The quantitative estimate of drug-likeness (QED) is 0.0815. The van der Waals surface area contributed by atoms with Crippen molar-refractivity contribution in [2.75, 3.05) is 31.6 Å². The van der Waals surface area contributed by atoms with Gasteiger partial charge in [-0.25, -0.2) is 0 Å². The highest BCUT2D eigenvalue weighted by Gasteiger charge is 2.46. The summed E-state index contributed by atoms with van der Waals surface area (Å²) in [6.07, 6.45) is -6.47. The summed E-state index contributed by atoms with van der Waals surface area (Å²) in [5.74, 6) is -13.3. The Morgan fingerprint density at radius 1 is 0.632 bits per heavy atom. The zero-order chi connectivity index (χ0) is 51.2. The fourth-order valence-electron chi connectivity index (χ4n) is 7.75. The zero-order valence-electron chi connectivity index (χ0n) is 38.1. The SMILES string of the molecule is CSCC[C@@H]1NC(=O)[C@H](CCC(=O)O)NC(=O)[C@H](CCC(N)=O)NC(=O)CNC(=O)[C@@H]2C[C@@H](O)CN2C(=O)[C@H](CC(N)=O)NC(=O)[C@H](C(C)C)NC(=O)[C@@H]2C[C@@H](O)CN2C(=O)[C@H]([C@@H](C)O)NC1=O. The van der Waals surface area contributed by atoms with Crippen molar-refractivity contribution in [3.8, 4) is 0 Å². The van der Waals surface area contributed by atoms with Gasteiger partial charge in [0.25, 0.3) is 0 Å². The number of carbonyl (C=O) groups is 12. The number of carboxylic acids is 1. The first-order valence-corrected chi connectivity index (χ1v) is 23.3. The molecule has 28 heteroatoms. The van der Waals surface area contributed by atoms with Crippen LogP contribution >= 0.6 is 11.8 Å². The van der Waals surface area contributed by atoms with E-state index in [1.54, 1.807) is 6.26 Å². The van der Waals surface area contributed by atoms with Crippen LogP contribution in [-0.2, 0) is 57.5 Å². The van der Waals surface area contributed by atoms with Gasteiger partial charge >= 0.3 is 5.97 Å². The van der Waals surface area contributed by atoms with Crippen LogP contribution in [0.3, 0.4) is 0 Å². The molecule has 380 valence electrons. The van der Waals surface area contributed by atoms with E-state index < -0.39 is 195 Å². The maximum Gasteiger partial charge on any atom is 0.303 e. The van der Waals surface area contributed by atoms with Crippen LogP contribution in [0.15, 0.2) is 0 Å². The van der Waals surface area contributed by atoms with Crippen LogP contribution < -0.4 is 48.7 Å². The number of primary amides is 2. The van der Waals surface area contributed by atoms with Gasteiger partial charge in [0.2, 0.25) is 65.0 Å². The van der Waals surface area contributed by atoms with Crippen molar-refractivity contribution in [1.82, 2.24) is 47.0 Å². The number of hydrogen-bond donors (Lipinski definition) is 13. The minimum atomic E-state index is -1.81. The summed E-state index contributed by atoms with van der Waals surface area (Å²) in [6, 6.07) is -12.9. The Hall–Kier alpha value is -6.13. The second-order valence-electron chi connectivity index (χ2n) is 17.2. The second-order valence-corrected chi connectivity index (χ2v) is 18.1. The molecule has 3 heterocycles. The van der Waals surface area contributed by atoms with Crippen LogP contribution in [0.25, 0.3) is 0 Å². The van der Waals surface area contributed by atoms with Crippen molar-refractivity contribution >= 4 is 82.7 Å². The number of carbonyl (C=O) groups excluding carboxylic acids is 11. The molecular formula is C40H63N11O16S. The number of fused-ring (bicyclic) bond motifs is 2. The predicted molar refractivity (Wildman–Crippen MR) is 235 cm³/mol. The lowest BCUT2D eigenvalue weighted by Gasteiger charge is -2.32. The lowest BCUT2D eigenvalue weighted by Crippen LogP contribution is -2.62. The summed E-state index contributed by atoms with van der Waals surface area (Å²) in [7, 11) is 0. The normalized spacial score (nSPS) is 29.3. The average molecular weight is 986 g/mol. The van der Waals surface area contributed by atoms with Crippen molar-refractivity contribution in [1.29, 1.82) is 0 Å². The van der Waals surface area contributed by atoms with Crippen LogP contribution in [0.5, 0.6) is 0 Å². The van der Waals surface area contributed by atoms with E-state index in [2.05, 4.69) is 37.2 Å². The van der Waals surface area contributed by atoms with Gasteiger partial charge in [-0.2, -0.15) is 11.8 Å². The number of nitrogens with zero attached hydrogens (tertiary/aromatic N) is 2. The summed E-state index contributed by atoms with van der Waals surface area (Å²) >= 11 is 1.25. The molecular weight excluding hydrogens is 923 g/mol. The molecule has 68 heavy (non-hydrogen) atoms. The molecule has 3 fully saturated rings. The standard InChI is InChI=1S/C40H63N11O16S/c1-17(2)31-38(65)47-24(13-28(42)56)39(66)50-15-19(53)11-25(50)36(63)43-14-29(57)44-21(5-7-27(41)55)33(60)45-22(6-8-30(58)59)34(61)46-23(9-10-68-4)35(62)49-32(18(3)52)40(67)51-16-20(54)12-26(51)37(64)48-31/h17-26,31-32,52-54H,5-16H2,1-4H3,(H2,41,55)(H2,42,56)(H,43,63)(H,44,57)(H,45,60)(H,46,61)(H,47,65)(H,48,64)(H,49,62)(H,58,59)/t18-,19-,20-,21+,22+,23+,24+,25+,26+,31+,32+/m1/s1. The fourth-order valence-corrected chi connectivity index (χ4v) is 8.22. The van der Waals surface area contributed by atoms with Gasteiger partial charge in [0.05, 0.1) is 31.3 Å². The molecule has 11 atom stereocenters. The Balaban J connectivity index is 2.14. The highest BCUT2D eigenvalue weighted by molar-refractivity contribution is 7.98. The molecule has 27 nitrogen and oxygen atoms in total. The van der Waals surface area contributed by atoms with E-state index in [1.165, 1.54) is 25.6 Å². The molecule has 3 rings (SSSR count). The monoisotopic (exact) mass is 985 g/mol. The Morgan fingerprint density at radius 3 is 1.63 bits per heavy atom. The maximum atomic E-state index is 14.2. The molecule has 15 N–H and O–H groups in total. The Morgan fingerprint density at radius 2 is 1.12 bits per heavy atom. The largest absolute Gasteiger partial charge is 0.481 e. The van der Waals surface area contributed by atoms with Gasteiger partial charge in [-0.3, -0.25) is 57.5 Å². The molecule has 0 unspecified atom stereocenters. The third-order valence-electron chi connectivity index (χ3n) is 11.3. The van der Waals surface area contributed by atoms with Gasteiger partial charge in [-0.05, 0) is 44.1 Å². The van der Waals surface area contributed by atoms with Crippen LogP contribution in [0.1, 0.15) is 72.1 Å². The first kappa shape index (κ1) is 56.2. The van der Waals surface area contributed by atoms with Gasteiger partial charge in [-0.15, -0.1) is 0 Å². The summed E-state index contributed by atoms with van der Waals surface area (Å²) < 4.78 is 0. The molecule has 3 aliphatic rings. The zero-order valence-corrected chi connectivity index (χ0v) is 38.9. The number of amides is 11. The number of aliphatic carboxylic acids is 1. The van der Waals surface area contributed by atoms with Crippen LogP contribution in [0, 0.1) is 5.92 Å². The van der Waals surface area contributed by atoms with E-state index in [0.717, 1.165) is 16.7 Å². The van der Waals surface area contributed by atoms with Gasteiger partial charge in [0.15, 0.2) is 0 Å². The molecule has 0 aromatic carbocycles. The van der Waals surface area contributed by atoms with Crippen LogP contribution in [-0.4, -0.2) is 199 Å². The lowest BCUT2D eigenvalue weighted by molar-refractivity contribution is -0.145. The highest BCUT2D eigenvalue weighted by atomic mass is 32.2. The minimum Gasteiger partial charge on any atom is -0.481 e. The molecule has 0 aromatic heterocycles. The third kappa shape index (κ3) is 16.3. The molecule has 0 aromatic rings. The fraction of sp³-hybridized carbons (Fsp3) is 0.700. The van der Waals surface area contributed by atoms with E-state index in [0.29, 0.717) is 0 Å². The highest BCUT2D eigenvalue weighted by Crippen LogP contribution is 2.23. The predicted octanol–water partition coefficient (Wildman–Crippen LogP) is -7.26. The Kier molecular flexibility index (Phi) is 21.4. The van der Waals surface area contributed by atoms with Crippen LogP contribution in [0.2, 0.25) is 0 Å². The van der Waals surface area contributed by atoms with Gasteiger partial charge < -0.3 is 78.9 Å². The average Bonchev–Trinajstić information content (AvgIpc) is 3.85. The topological polar surface area (TPSA) is 428 Å². The minimum absolute atomic E-state index is 0.113. The lowest BCUT2D eigenvalue weighted by atomic mass is 10.0. The van der Waals surface area contributed by atoms with Gasteiger partial charge in [0, 0.05) is 38.8 Å². The number of nitrogens with one attached hydrogen (secondary N) is 7. The van der Waals surface area contributed by atoms with Crippen molar-refractivity contribution in [2.45, 2.75) is 139 Å². The molecule has 11 amide bonds. The second kappa shape index (κ2) is 25.9. The number of nitrogens with two attached hydrogens (primary N) is 2. The summed E-state index contributed by atoms with van der Waals surface area (Å²) in [5.41, 5.74) is 10.7. The smallest absolute Gasteiger partial charge is 0.303 e. The first-order valence-electron chi connectivity index (χ1n) is 21.9. The number of rotatable bonds is 13. The first-order chi connectivity index (χ1) is 31.8. The van der Waals surface area contributed by atoms with Crippen LogP contribution in [0.4, 0.5) is 0 Å². The molecule has 0 aliphatic carbocycles. The Labute approximate surface area is 394 Å². The van der Waals surface area contributed by atoms with E-state index >= 15 is 0 Å². The summed E-state index contributed by atoms with van der Waals surface area (Å²) in [5, 5.41) is 58.1. The maximum absolute atomic E-state index is 14.2. The number of carboxylic acid groups (broad SMARTS) is 1. The molecule has 0 radical (unpaired) electrons. The van der Waals surface area contributed by atoms with Crippen molar-refractivity contribution in [3.63, 3.8) is 0 Å². The molecule has 0 bridgehead atoms. The number of thioether (sulfide) groups is 1. The molecule has 0 saturated carbocycles. The Bertz CT molecular complexity index is 1940. The number of aliphatic hydroxyl groups is 3. The number of hydrogen-bond acceptors (Lipinski definition) is 16. The number of aliphatic hydroxyl groups excluding tert-OH is 3. The van der Waals surface area contributed by atoms with Gasteiger partial charge in [-0.1, -0.05) is 13.8 Å². The van der Waals surface area contributed by atoms with Crippen molar-refractivity contribution in [3.05, 3.63) is 0 Å². The summed E-state index contributed by atoms with van der Waals surface area (Å²) in [4.78, 5) is 162.